The van der Waals surface area contributed by atoms with Gasteiger partial charge in [0.05, 0.1) is 5.25 Å². The van der Waals surface area contributed by atoms with Gasteiger partial charge in [0.2, 0.25) is 0 Å². The van der Waals surface area contributed by atoms with E-state index in [9.17, 15) is 8.76 Å². The Labute approximate surface area is 173 Å². The van der Waals surface area contributed by atoms with Crippen molar-refractivity contribution >= 4 is 29.8 Å². The minimum absolute atomic E-state index is 0.0211. The zero-order valence-electron chi connectivity index (χ0n) is 17.3. The fourth-order valence-electron chi connectivity index (χ4n) is 3.73. The standard InChI is InChI=1S/C23H32O3SSi/c1-6-20(17-19(2)27(24)25)18-26-28(23(3,4)5,21-13-9-7-10-14-21)22-15-11-8-12-16-22/h6-16,19-20H,1,17-18H2,2-5H3,(H,24,25)/t19-,20-/m1/s1. The zero-order chi connectivity index (χ0) is 20.8. The van der Waals surface area contributed by atoms with E-state index in [2.05, 4.69) is 75.9 Å². The van der Waals surface area contributed by atoms with Gasteiger partial charge in [0.15, 0.2) is 11.1 Å². The monoisotopic (exact) mass is 416 g/mol. The highest BCUT2D eigenvalue weighted by Crippen LogP contribution is 2.37. The molecule has 2 aromatic carbocycles. The largest absolute Gasteiger partial charge is 0.407 e. The molecule has 0 bridgehead atoms. The van der Waals surface area contributed by atoms with Crippen molar-refractivity contribution in [3.63, 3.8) is 0 Å². The van der Waals surface area contributed by atoms with Gasteiger partial charge in [-0.05, 0) is 34.7 Å². The van der Waals surface area contributed by atoms with Crippen molar-refractivity contribution in [2.45, 2.75) is 44.4 Å². The van der Waals surface area contributed by atoms with Crippen LogP contribution in [0, 0.1) is 5.92 Å². The van der Waals surface area contributed by atoms with Crippen LogP contribution in [0.15, 0.2) is 73.3 Å². The molecule has 2 aromatic rings. The number of hydrogen-bond acceptors (Lipinski definition) is 2. The Hall–Kier alpha value is -1.53. The summed E-state index contributed by atoms with van der Waals surface area (Å²) in [5.41, 5.74) is 0. The van der Waals surface area contributed by atoms with Crippen molar-refractivity contribution in [3.05, 3.63) is 73.3 Å². The van der Waals surface area contributed by atoms with Gasteiger partial charge in [0.25, 0.3) is 8.32 Å². The smallest absolute Gasteiger partial charge is 0.261 e. The first-order chi connectivity index (χ1) is 13.2. The van der Waals surface area contributed by atoms with E-state index in [0.717, 1.165) is 0 Å². The average Bonchev–Trinajstić information content (AvgIpc) is 2.67. The average molecular weight is 417 g/mol. The summed E-state index contributed by atoms with van der Waals surface area (Å²) < 4.78 is 27.7. The molecule has 152 valence electrons. The summed E-state index contributed by atoms with van der Waals surface area (Å²) in [6.45, 7) is 12.9. The van der Waals surface area contributed by atoms with E-state index in [0.29, 0.717) is 13.0 Å². The molecule has 5 heteroatoms. The third kappa shape index (κ3) is 5.09. The lowest BCUT2D eigenvalue weighted by molar-refractivity contribution is 0.252. The van der Waals surface area contributed by atoms with Gasteiger partial charge in [-0.2, -0.15) is 0 Å². The molecule has 0 aromatic heterocycles. The first kappa shape index (κ1) is 22.8. The lowest BCUT2D eigenvalue weighted by Crippen LogP contribution is -2.66. The van der Waals surface area contributed by atoms with Crippen LogP contribution in [0.4, 0.5) is 0 Å². The van der Waals surface area contributed by atoms with E-state index in [4.69, 9.17) is 4.43 Å². The number of rotatable bonds is 9. The summed E-state index contributed by atoms with van der Waals surface area (Å²) in [5.74, 6) is 0.0211. The Morgan fingerprint density at radius 1 is 1.07 bits per heavy atom. The molecule has 28 heavy (non-hydrogen) atoms. The van der Waals surface area contributed by atoms with Gasteiger partial charge in [0.1, 0.15) is 0 Å². The summed E-state index contributed by atoms with van der Waals surface area (Å²) in [7, 11) is -2.59. The van der Waals surface area contributed by atoms with Crippen LogP contribution in [0.2, 0.25) is 5.04 Å². The quantitative estimate of drug-likeness (QED) is 0.375. The van der Waals surface area contributed by atoms with Gasteiger partial charge in [0, 0.05) is 6.61 Å². The molecule has 0 aliphatic rings. The normalized spacial score (nSPS) is 15.6. The van der Waals surface area contributed by atoms with Crippen LogP contribution >= 0.6 is 0 Å². The molecule has 0 fully saturated rings. The second-order valence-corrected chi connectivity index (χ2v) is 14.0. The topological polar surface area (TPSA) is 46.5 Å². The Bertz CT molecular complexity index is 732. The molecule has 0 saturated carbocycles. The van der Waals surface area contributed by atoms with Crippen molar-refractivity contribution < 1.29 is 13.2 Å². The van der Waals surface area contributed by atoms with E-state index >= 15 is 0 Å². The highest BCUT2D eigenvalue weighted by molar-refractivity contribution is 7.79. The first-order valence-electron chi connectivity index (χ1n) is 9.69. The van der Waals surface area contributed by atoms with Crippen molar-refractivity contribution in [1.29, 1.82) is 0 Å². The van der Waals surface area contributed by atoms with Crippen LogP contribution in [0.25, 0.3) is 0 Å². The molecule has 0 aliphatic carbocycles. The molecule has 0 amide bonds. The maximum Gasteiger partial charge on any atom is 0.261 e. The van der Waals surface area contributed by atoms with E-state index in [1.165, 1.54) is 10.4 Å². The lowest BCUT2D eigenvalue weighted by Gasteiger charge is -2.43. The summed E-state index contributed by atoms with van der Waals surface area (Å²) in [5, 5.41) is 2.06. The molecule has 0 spiro atoms. The minimum atomic E-state index is -2.59. The molecule has 0 heterocycles. The molecule has 3 nitrogen and oxygen atoms in total. The maximum absolute atomic E-state index is 11.4. The summed E-state index contributed by atoms with van der Waals surface area (Å²) in [4.78, 5) is 0. The van der Waals surface area contributed by atoms with Crippen LogP contribution < -0.4 is 10.4 Å². The van der Waals surface area contributed by atoms with Crippen molar-refractivity contribution in [3.8, 4) is 0 Å². The Morgan fingerprint density at radius 3 is 1.89 bits per heavy atom. The SMILES string of the molecule is C=C[C@@H](CO[Si](c1ccccc1)(c1ccccc1)C(C)(C)C)C[C@@H](C)S(=O)O. The minimum Gasteiger partial charge on any atom is -0.407 e. The zero-order valence-corrected chi connectivity index (χ0v) is 19.1. The fourth-order valence-corrected chi connectivity index (χ4v) is 8.77. The molecule has 0 saturated heterocycles. The number of hydrogen-bond donors (Lipinski definition) is 1. The van der Waals surface area contributed by atoms with Crippen LogP contribution in [0.5, 0.6) is 0 Å². The Balaban J connectivity index is 2.47. The molecule has 1 unspecified atom stereocenters. The predicted molar refractivity (Wildman–Crippen MR) is 122 cm³/mol. The summed E-state index contributed by atoms with van der Waals surface area (Å²) >= 11 is -1.84. The van der Waals surface area contributed by atoms with Crippen LogP contribution in [0.3, 0.4) is 0 Å². The van der Waals surface area contributed by atoms with E-state index in [-0.39, 0.29) is 16.2 Å². The van der Waals surface area contributed by atoms with Crippen molar-refractivity contribution in [2.24, 2.45) is 5.92 Å². The highest BCUT2D eigenvalue weighted by atomic mass is 32.2. The summed E-state index contributed by atoms with van der Waals surface area (Å²) in [6, 6.07) is 21.0. The van der Waals surface area contributed by atoms with Crippen LogP contribution in [0.1, 0.15) is 34.1 Å². The maximum atomic E-state index is 11.4. The van der Waals surface area contributed by atoms with Gasteiger partial charge in [-0.1, -0.05) is 87.5 Å². The molecule has 0 radical (unpaired) electrons. The Morgan fingerprint density at radius 2 is 1.54 bits per heavy atom. The number of benzene rings is 2. The van der Waals surface area contributed by atoms with E-state index < -0.39 is 19.4 Å². The predicted octanol–water partition coefficient (Wildman–Crippen LogP) is 4.37. The molecule has 0 aliphatic heterocycles. The van der Waals surface area contributed by atoms with Gasteiger partial charge in [-0.25, -0.2) is 4.21 Å². The molecule has 3 atom stereocenters. The third-order valence-electron chi connectivity index (χ3n) is 5.24. The molecular weight excluding hydrogens is 384 g/mol. The van der Waals surface area contributed by atoms with Crippen molar-refractivity contribution in [2.75, 3.05) is 6.61 Å². The van der Waals surface area contributed by atoms with Gasteiger partial charge in [-0.3, -0.25) is 0 Å². The molecular formula is C23H32O3SSi. The third-order valence-corrected chi connectivity index (χ3v) is 11.1. The van der Waals surface area contributed by atoms with Gasteiger partial charge in [-0.15, -0.1) is 6.58 Å². The summed E-state index contributed by atoms with van der Waals surface area (Å²) in [6.07, 6.45) is 2.42. The first-order valence-corrected chi connectivity index (χ1v) is 12.8. The highest BCUT2D eigenvalue weighted by Gasteiger charge is 2.50. The lowest BCUT2D eigenvalue weighted by atomic mass is 10.1. The molecule has 2 rings (SSSR count). The Kier molecular flexibility index (Phi) is 7.95. The van der Waals surface area contributed by atoms with Crippen LogP contribution in [-0.2, 0) is 15.5 Å². The van der Waals surface area contributed by atoms with E-state index in [1.54, 1.807) is 6.92 Å². The van der Waals surface area contributed by atoms with Gasteiger partial charge >= 0.3 is 0 Å². The second kappa shape index (κ2) is 9.79. The van der Waals surface area contributed by atoms with Crippen molar-refractivity contribution in [1.82, 2.24) is 0 Å². The van der Waals surface area contributed by atoms with Crippen LogP contribution in [-0.4, -0.2) is 28.9 Å². The van der Waals surface area contributed by atoms with E-state index in [1.807, 2.05) is 18.2 Å². The second-order valence-electron chi connectivity index (χ2n) is 8.29. The fraction of sp³-hybridized carbons (Fsp3) is 0.391. The van der Waals surface area contributed by atoms with Gasteiger partial charge < -0.3 is 8.98 Å². The molecule has 1 N–H and O–H groups in total.